The van der Waals surface area contributed by atoms with Crippen LogP contribution in [0.15, 0.2) is 0 Å². The normalized spacial score (nSPS) is 15.4. The summed E-state index contributed by atoms with van der Waals surface area (Å²) in [5, 5.41) is 0. The van der Waals surface area contributed by atoms with Gasteiger partial charge in [-0.3, -0.25) is 0 Å². The monoisotopic (exact) mass is 220 g/mol. The van der Waals surface area contributed by atoms with Gasteiger partial charge in [-0.05, 0) is 19.3 Å². The first-order valence-electron chi connectivity index (χ1n) is 5.69. The SMILES string of the molecule is CCCOC(CCC)OC(S)CCC. The van der Waals surface area contributed by atoms with E-state index in [1.807, 2.05) is 0 Å². The summed E-state index contributed by atoms with van der Waals surface area (Å²) in [6.45, 7) is 7.15. The van der Waals surface area contributed by atoms with Crippen molar-refractivity contribution in [2.24, 2.45) is 0 Å². The van der Waals surface area contributed by atoms with Crippen molar-refractivity contribution in [2.45, 2.75) is 64.6 Å². The van der Waals surface area contributed by atoms with Gasteiger partial charge in [0.05, 0.1) is 0 Å². The lowest BCUT2D eigenvalue weighted by atomic mass is 10.3. The van der Waals surface area contributed by atoms with Crippen molar-refractivity contribution in [1.82, 2.24) is 0 Å². The Morgan fingerprint density at radius 3 is 2.14 bits per heavy atom. The van der Waals surface area contributed by atoms with Crippen LogP contribution in [-0.4, -0.2) is 18.3 Å². The van der Waals surface area contributed by atoms with Gasteiger partial charge in [-0.2, -0.15) is 0 Å². The summed E-state index contributed by atoms with van der Waals surface area (Å²) in [7, 11) is 0. The molecule has 0 saturated carbocycles. The first-order valence-corrected chi connectivity index (χ1v) is 6.21. The van der Waals surface area contributed by atoms with Gasteiger partial charge in [0.15, 0.2) is 6.29 Å². The van der Waals surface area contributed by atoms with E-state index in [0.29, 0.717) is 0 Å². The van der Waals surface area contributed by atoms with Crippen molar-refractivity contribution in [3.8, 4) is 0 Å². The Bertz CT molecular complexity index is 120. The molecule has 86 valence electrons. The Labute approximate surface area is 93.8 Å². The maximum atomic E-state index is 5.68. The van der Waals surface area contributed by atoms with Crippen molar-refractivity contribution in [2.75, 3.05) is 6.61 Å². The Hall–Kier alpha value is 0.270. The molecule has 0 rings (SSSR count). The highest BCUT2D eigenvalue weighted by molar-refractivity contribution is 7.80. The summed E-state index contributed by atoms with van der Waals surface area (Å²) >= 11 is 4.36. The number of hydrogen-bond acceptors (Lipinski definition) is 3. The molecule has 2 nitrogen and oxygen atoms in total. The second kappa shape index (κ2) is 9.81. The lowest BCUT2D eigenvalue weighted by molar-refractivity contribution is -0.154. The quantitative estimate of drug-likeness (QED) is 0.472. The van der Waals surface area contributed by atoms with Crippen LogP contribution in [0.25, 0.3) is 0 Å². The molecule has 0 spiro atoms. The van der Waals surface area contributed by atoms with E-state index in [9.17, 15) is 0 Å². The lowest BCUT2D eigenvalue weighted by Gasteiger charge is -2.21. The van der Waals surface area contributed by atoms with Crippen LogP contribution in [0.2, 0.25) is 0 Å². The lowest BCUT2D eigenvalue weighted by Crippen LogP contribution is -2.22. The van der Waals surface area contributed by atoms with Crippen molar-refractivity contribution >= 4 is 12.6 Å². The second-order valence-electron chi connectivity index (χ2n) is 3.47. The smallest absolute Gasteiger partial charge is 0.159 e. The molecule has 0 aliphatic rings. The molecule has 0 aromatic rings. The summed E-state index contributed by atoms with van der Waals surface area (Å²) in [5.74, 6) is 0. The molecule has 2 atom stereocenters. The molecule has 14 heavy (non-hydrogen) atoms. The van der Waals surface area contributed by atoms with E-state index < -0.39 is 0 Å². The highest BCUT2D eigenvalue weighted by Gasteiger charge is 2.12. The zero-order valence-corrected chi connectivity index (χ0v) is 10.6. The largest absolute Gasteiger partial charge is 0.353 e. The van der Waals surface area contributed by atoms with Crippen LogP contribution in [0.5, 0.6) is 0 Å². The fraction of sp³-hybridized carbons (Fsp3) is 1.00. The summed E-state index contributed by atoms with van der Waals surface area (Å²) in [6, 6.07) is 0. The third-order valence-electron chi connectivity index (χ3n) is 1.88. The predicted octanol–water partition coefficient (Wildman–Crippen LogP) is 3.61. The molecule has 0 saturated heterocycles. The van der Waals surface area contributed by atoms with Crippen LogP contribution in [0.3, 0.4) is 0 Å². The van der Waals surface area contributed by atoms with Gasteiger partial charge in [-0.25, -0.2) is 0 Å². The topological polar surface area (TPSA) is 18.5 Å². The second-order valence-corrected chi connectivity index (χ2v) is 4.04. The van der Waals surface area contributed by atoms with Gasteiger partial charge in [0.1, 0.15) is 5.44 Å². The first-order chi connectivity index (χ1) is 6.74. The Morgan fingerprint density at radius 1 is 1.00 bits per heavy atom. The molecule has 0 N–H and O–H groups in total. The molecular weight excluding hydrogens is 196 g/mol. The van der Waals surface area contributed by atoms with Gasteiger partial charge in [0, 0.05) is 6.61 Å². The van der Waals surface area contributed by atoms with Crippen LogP contribution in [0.4, 0.5) is 0 Å². The third-order valence-corrected chi connectivity index (χ3v) is 2.26. The molecule has 0 aromatic heterocycles. The highest BCUT2D eigenvalue weighted by Crippen LogP contribution is 2.13. The van der Waals surface area contributed by atoms with Crippen molar-refractivity contribution in [1.29, 1.82) is 0 Å². The van der Waals surface area contributed by atoms with Crippen molar-refractivity contribution < 1.29 is 9.47 Å². The maximum Gasteiger partial charge on any atom is 0.159 e. The average Bonchev–Trinajstić information content (AvgIpc) is 2.15. The Morgan fingerprint density at radius 2 is 1.64 bits per heavy atom. The standard InChI is InChI=1S/C11H24O2S/c1-4-7-10(12-9-6-3)13-11(14)8-5-2/h10-11,14H,4-9H2,1-3H3. The van der Waals surface area contributed by atoms with E-state index in [1.165, 1.54) is 0 Å². The third kappa shape index (κ3) is 7.65. The van der Waals surface area contributed by atoms with Gasteiger partial charge < -0.3 is 9.47 Å². The molecular formula is C11H24O2S. The van der Waals surface area contributed by atoms with Crippen LogP contribution in [0.1, 0.15) is 52.9 Å². The van der Waals surface area contributed by atoms with E-state index in [4.69, 9.17) is 9.47 Å². The molecule has 0 heterocycles. The van der Waals surface area contributed by atoms with Crippen molar-refractivity contribution in [3.63, 3.8) is 0 Å². The summed E-state index contributed by atoms with van der Waals surface area (Å²) < 4.78 is 11.3. The molecule has 0 bridgehead atoms. The summed E-state index contributed by atoms with van der Waals surface area (Å²) in [6.07, 6.45) is 5.10. The molecule has 0 radical (unpaired) electrons. The van der Waals surface area contributed by atoms with Gasteiger partial charge in [0.2, 0.25) is 0 Å². The minimum absolute atomic E-state index is 0.0217. The minimum atomic E-state index is -0.0611. The first kappa shape index (κ1) is 14.3. The summed E-state index contributed by atoms with van der Waals surface area (Å²) in [4.78, 5) is 0. The van der Waals surface area contributed by atoms with E-state index in [2.05, 4.69) is 33.4 Å². The Kier molecular flexibility index (Phi) is 10.0. The molecule has 0 amide bonds. The van der Waals surface area contributed by atoms with Gasteiger partial charge in [-0.1, -0.05) is 33.6 Å². The summed E-state index contributed by atoms with van der Waals surface area (Å²) in [5.41, 5.74) is 0.0217. The predicted molar refractivity (Wildman–Crippen MR) is 63.7 cm³/mol. The molecule has 0 aliphatic carbocycles. The highest BCUT2D eigenvalue weighted by atomic mass is 32.1. The van der Waals surface area contributed by atoms with E-state index in [-0.39, 0.29) is 11.7 Å². The molecule has 0 aliphatic heterocycles. The molecule has 0 aromatic carbocycles. The van der Waals surface area contributed by atoms with Crippen LogP contribution < -0.4 is 0 Å². The van der Waals surface area contributed by atoms with Crippen molar-refractivity contribution in [3.05, 3.63) is 0 Å². The molecule has 3 heteroatoms. The molecule has 0 fully saturated rings. The number of thiol groups is 1. The zero-order chi connectivity index (χ0) is 10.8. The molecule has 2 unspecified atom stereocenters. The Balaban J connectivity index is 3.69. The van der Waals surface area contributed by atoms with Gasteiger partial charge >= 0.3 is 0 Å². The number of rotatable bonds is 9. The fourth-order valence-corrected chi connectivity index (χ4v) is 1.56. The number of ether oxygens (including phenoxy) is 2. The van der Waals surface area contributed by atoms with Crippen LogP contribution >= 0.6 is 12.6 Å². The van der Waals surface area contributed by atoms with E-state index in [1.54, 1.807) is 0 Å². The van der Waals surface area contributed by atoms with Gasteiger partial charge in [0.25, 0.3) is 0 Å². The maximum absolute atomic E-state index is 5.68. The van der Waals surface area contributed by atoms with E-state index >= 15 is 0 Å². The fourth-order valence-electron chi connectivity index (χ4n) is 1.17. The van der Waals surface area contributed by atoms with Crippen LogP contribution in [0, 0.1) is 0 Å². The number of hydrogen-bond donors (Lipinski definition) is 1. The zero-order valence-electron chi connectivity index (χ0n) is 9.66. The average molecular weight is 220 g/mol. The van der Waals surface area contributed by atoms with Gasteiger partial charge in [-0.15, -0.1) is 12.6 Å². The van der Waals surface area contributed by atoms with E-state index in [0.717, 1.165) is 38.7 Å². The minimum Gasteiger partial charge on any atom is -0.353 e. The van der Waals surface area contributed by atoms with Crippen LogP contribution in [-0.2, 0) is 9.47 Å².